The minimum Gasteiger partial charge on any atom is -0.504 e. The second-order valence-corrected chi connectivity index (χ2v) is 3.44. The second-order valence-electron chi connectivity index (χ2n) is 2.65. The lowest BCUT2D eigenvalue weighted by Crippen LogP contribution is -2.24. The Morgan fingerprint density at radius 3 is 2.64 bits per heavy atom. The van der Waals surface area contributed by atoms with Gasteiger partial charge < -0.3 is 15.5 Å². The number of aromatic hydroxyl groups is 2. The number of rotatable bonds is 3. The Bertz CT molecular complexity index is 341. The van der Waals surface area contributed by atoms with E-state index in [4.69, 9.17) is 10.2 Å². The molecule has 3 N–H and O–H groups in total. The lowest BCUT2D eigenvalue weighted by molar-refractivity contribution is 0.0956. The number of carbonyl (C=O) groups excluding carboxylic acids is 1. The van der Waals surface area contributed by atoms with E-state index in [0.717, 1.165) is 0 Å². The fourth-order valence-corrected chi connectivity index (χ4v) is 1.13. The monoisotopic (exact) mass is 259 g/mol. The van der Waals surface area contributed by atoms with Gasteiger partial charge in [-0.2, -0.15) is 0 Å². The number of phenolic OH excluding ortho intramolecular Hbond substituents is 2. The minimum absolute atomic E-state index is 0.234. The van der Waals surface area contributed by atoms with Gasteiger partial charge in [-0.3, -0.25) is 4.79 Å². The van der Waals surface area contributed by atoms with Gasteiger partial charge in [0.2, 0.25) is 0 Å². The number of alkyl halides is 1. The second kappa shape index (κ2) is 4.85. The molecule has 0 aliphatic rings. The number of hydrogen-bond donors (Lipinski definition) is 3. The van der Waals surface area contributed by atoms with E-state index in [0.29, 0.717) is 17.4 Å². The fourth-order valence-electron chi connectivity index (χ4n) is 0.928. The van der Waals surface area contributed by atoms with Crippen molar-refractivity contribution in [3.05, 3.63) is 23.8 Å². The first-order chi connectivity index (χ1) is 6.65. The van der Waals surface area contributed by atoms with Crippen molar-refractivity contribution in [2.24, 2.45) is 0 Å². The SMILES string of the molecule is O=C(NCCBr)c1ccc(O)c(O)c1. The van der Waals surface area contributed by atoms with E-state index in [1.54, 1.807) is 0 Å². The van der Waals surface area contributed by atoms with Gasteiger partial charge in [0.25, 0.3) is 5.91 Å². The lowest BCUT2D eigenvalue weighted by atomic mass is 10.2. The highest BCUT2D eigenvalue weighted by Gasteiger charge is 2.07. The average Bonchev–Trinajstić information content (AvgIpc) is 2.18. The van der Waals surface area contributed by atoms with E-state index in [1.165, 1.54) is 18.2 Å². The average molecular weight is 260 g/mol. The first-order valence-electron chi connectivity index (χ1n) is 4.01. The van der Waals surface area contributed by atoms with Crippen LogP contribution in [0.3, 0.4) is 0 Å². The predicted molar refractivity (Wildman–Crippen MR) is 55.9 cm³/mol. The Balaban J connectivity index is 2.76. The molecule has 1 rings (SSSR count). The molecule has 0 fully saturated rings. The Labute approximate surface area is 89.7 Å². The molecule has 0 saturated carbocycles. The summed E-state index contributed by atoms with van der Waals surface area (Å²) in [5, 5.41) is 21.4. The summed E-state index contributed by atoms with van der Waals surface area (Å²) in [5.74, 6) is -0.807. The van der Waals surface area contributed by atoms with Gasteiger partial charge in [-0.05, 0) is 18.2 Å². The van der Waals surface area contributed by atoms with E-state index < -0.39 is 0 Å². The number of halogens is 1. The van der Waals surface area contributed by atoms with Crippen LogP contribution in [-0.2, 0) is 0 Å². The molecule has 0 aromatic heterocycles. The van der Waals surface area contributed by atoms with Gasteiger partial charge in [-0.1, -0.05) is 15.9 Å². The van der Waals surface area contributed by atoms with Crippen molar-refractivity contribution >= 4 is 21.8 Å². The van der Waals surface area contributed by atoms with Crippen molar-refractivity contribution < 1.29 is 15.0 Å². The maximum atomic E-state index is 11.3. The summed E-state index contributed by atoms with van der Waals surface area (Å²) in [4.78, 5) is 11.3. The first-order valence-corrected chi connectivity index (χ1v) is 5.13. The van der Waals surface area contributed by atoms with Crippen LogP contribution in [-0.4, -0.2) is 28.0 Å². The zero-order valence-electron chi connectivity index (χ0n) is 7.33. The van der Waals surface area contributed by atoms with Crippen LogP contribution in [0.15, 0.2) is 18.2 Å². The van der Waals surface area contributed by atoms with Crippen molar-refractivity contribution in [2.45, 2.75) is 0 Å². The molecule has 14 heavy (non-hydrogen) atoms. The van der Waals surface area contributed by atoms with E-state index in [-0.39, 0.29) is 17.4 Å². The molecule has 0 saturated heterocycles. The molecule has 1 amide bonds. The topological polar surface area (TPSA) is 69.6 Å². The third-order valence-electron chi connectivity index (χ3n) is 1.62. The standard InChI is InChI=1S/C9H10BrNO3/c10-3-4-11-9(14)6-1-2-7(12)8(13)5-6/h1-2,5,12-13H,3-4H2,(H,11,14). The molecule has 0 heterocycles. The molecule has 0 aliphatic heterocycles. The number of amides is 1. The Kier molecular flexibility index (Phi) is 3.76. The van der Waals surface area contributed by atoms with E-state index in [1.807, 2.05) is 0 Å². The summed E-state index contributed by atoms with van der Waals surface area (Å²) >= 11 is 3.17. The smallest absolute Gasteiger partial charge is 0.251 e. The maximum absolute atomic E-state index is 11.3. The van der Waals surface area contributed by atoms with Crippen LogP contribution < -0.4 is 5.32 Å². The van der Waals surface area contributed by atoms with Gasteiger partial charge in [0.05, 0.1) is 0 Å². The molecular weight excluding hydrogens is 250 g/mol. The van der Waals surface area contributed by atoms with Gasteiger partial charge in [0.1, 0.15) is 0 Å². The first kappa shape index (κ1) is 10.8. The molecule has 0 aliphatic carbocycles. The summed E-state index contributed by atoms with van der Waals surface area (Å²) in [6.07, 6.45) is 0. The summed E-state index contributed by atoms with van der Waals surface area (Å²) in [7, 11) is 0. The molecule has 0 spiro atoms. The van der Waals surface area contributed by atoms with Crippen molar-refractivity contribution in [3.63, 3.8) is 0 Å². The molecule has 0 atom stereocenters. The fraction of sp³-hybridized carbons (Fsp3) is 0.222. The summed E-state index contributed by atoms with van der Waals surface area (Å²) in [6, 6.07) is 3.94. The molecule has 1 aromatic rings. The van der Waals surface area contributed by atoms with Gasteiger partial charge >= 0.3 is 0 Å². The normalized spacial score (nSPS) is 9.79. The van der Waals surface area contributed by atoms with Crippen molar-refractivity contribution in [1.82, 2.24) is 5.32 Å². The maximum Gasteiger partial charge on any atom is 0.251 e. The molecular formula is C9H10BrNO3. The number of benzene rings is 1. The van der Waals surface area contributed by atoms with Crippen LogP contribution in [0.2, 0.25) is 0 Å². The predicted octanol–water partition coefficient (Wildman–Crippen LogP) is 1.22. The Hall–Kier alpha value is -1.23. The number of phenols is 2. The van der Waals surface area contributed by atoms with Crippen molar-refractivity contribution in [1.29, 1.82) is 0 Å². The largest absolute Gasteiger partial charge is 0.504 e. The highest BCUT2D eigenvalue weighted by Crippen LogP contribution is 2.24. The Morgan fingerprint density at radius 1 is 1.36 bits per heavy atom. The molecule has 4 nitrogen and oxygen atoms in total. The van der Waals surface area contributed by atoms with Crippen LogP contribution in [0, 0.1) is 0 Å². The minimum atomic E-state index is -0.295. The molecule has 0 unspecified atom stereocenters. The van der Waals surface area contributed by atoms with E-state index in [2.05, 4.69) is 21.2 Å². The lowest BCUT2D eigenvalue weighted by Gasteiger charge is -2.04. The van der Waals surface area contributed by atoms with Crippen LogP contribution in [0.5, 0.6) is 11.5 Å². The molecule has 1 aromatic carbocycles. The molecule has 5 heteroatoms. The zero-order valence-corrected chi connectivity index (χ0v) is 8.91. The van der Waals surface area contributed by atoms with Gasteiger partial charge in [0.15, 0.2) is 11.5 Å². The summed E-state index contributed by atoms with van der Waals surface area (Å²) in [6.45, 7) is 0.514. The zero-order chi connectivity index (χ0) is 10.6. The highest BCUT2D eigenvalue weighted by atomic mass is 79.9. The summed E-state index contributed by atoms with van der Waals surface area (Å²) in [5.41, 5.74) is 0.321. The van der Waals surface area contributed by atoms with Gasteiger partial charge in [-0.25, -0.2) is 0 Å². The Morgan fingerprint density at radius 2 is 2.07 bits per heavy atom. The van der Waals surface area contributed by atoms with Crippen LogP contribution in [0.1, 0.15) is 10.4 Å². The summed E-state index contributed by atoms with van der Waals surface area (Å²) < 4.78 is 0. The third-order valence-corrected chi connectivity index (χ3v) is 2.01. The van der Waals surface area contributed by atoms with Crippen molar-refractivity contribution in [3.8, 4) is 11.5 Å². The number of carbonyl (C=O) groups is 1. The van der Waals surface area contributed by atoms with Gasteiger partial charge in [-0.15, -0.1) is 0 Å². The third kappa shape index (κ3) is 2.63. The highest BCUT2D eigenvalue weighted by molar-refractivity contribution is 9.09. The molecule has 76 valence electrons. The quantitative estimate of drug-likeness (QED) is 0.565. The van der Waals surface area contributed by atoms with E-state index in [9.17, 15) is 4.79 Å². The van der Waals surface area contributed by atoms with Crippen molar-refractivity contribution in [2.75, 3.05) is 11.9 Å². The number of hydrogen-bond acceptors (Lipinski definition) is 3. The van der Waals surface area contributed by atoms with Crippen LogP contribution >= 0.6 is 15.9 Å². The molecule has 0 bridgehead atoms. The van der Waals surface area contributed by atoms with Crippen LogP contribution in [0.25, 0.3) is 0 Å². The van der Waals surface area contributed by atoms with E-state index >= 15 is 0 Å². The molecule has 0 radical (unpaired) electrons. The van der Waals surface area contributed by atoms with Gasteiger partial charge in [0, 0.05) is 17.4 Å². The van der Waals surface area contributed by atoms with Crippen LogP contribution in [0.4, 0.5) is 0 Å². The number of nitrogens with one attached hydrogen (secondary N) is 1.